The van der Waals surface area contributed by atoms with Crippen LogP contribution in [-0.4, -0.2) is 34.5 Å². The monoisotopic (exact) mass is 461 g/mol. The molecule has 0 saturated heterocycles. The number of hydrogen-bond acceptors (Lipinski definition) is 7. The largest absolute Gasteiger partial charge is 0.407 e. The van der Waals surface area contributed by atoms with Crippen molar-refractivity contribution in [3.63, 3.8) is 0 Å². The number of hydrazine groups is 1. The summed E-state index contributed by atoms with van der Waals surface area (Å²) < 4.78 is 52.9. The summed E-state index contributed by atoms with van der Waals surface area (Å²) in [5.74, 6) is 5.26. The van der Waals surface area contributed by atoms with Gasteiger partial charge >= 0.3 is 6.18 Å². The van der Waals surface area contributed by atoms with Crippen LogP contribution < -0.4 is 27.8 Å². The van der Waals surface area contributed by atoms with Crippen molar-refractivity contribution in [3.8, 4) is 0 Å². The van der Waals surface area contributed by atoms with Gasteiger partial charge in [0.1, 0.15) is 16.9 Å². The lowest BCUT2D eigenvalue weighted by Gasteiger charge is -2.35. The van der Waals surface area contributed by atoms with Crippen molar-refractivity contribution in [1.29, 1.82) is 0 Å². The van der Waals surface area contributed by atoms with Gasteiger partial charge in [0.2, 0.25) is 0 Å². The molecule has 0 aliphatic carbocycles. The van der Waals surface area contributed by atoms with Crippen molar-refractivity contribution in [2.24, 2.45) is 17.3 Å². The Morgan fingerprint density at radius 3 is 2.71 bits per heavy atom. The molecule has 0 fully saturated rings. The fourth-order valence-electron chi connectivity index (χ4n) is 3.36. The fourth-order valence-corrected chi connectivity index (χ4v) is 3.57. The quantitative estimate of drug-likeness (QED) is 0.304. The van der Waals surface area contributed by atoms with Crippen molar-refractivity contribution in [2.75, 3.05) is 18.0 Å². The number of rotatable bonds is 5. The van der Waals surface area contributed by atoms with E-state index in [-0.39, 0.29) is 23.7 Å². The number of aromatic amines is 1. The van der Waals surface area contributed by atoms with Gasteiger partial charge in [-0.15, -0.1) is 0 Å². The number of nitrogens with zero attached hydrogens (tertiary/aromatic N) is 3. The summed E-state index contributed by atoms with van der Waals surface area (Å²) in [5.41, 5.74) is 11.9. The van der Waals surface area contributed by atoms with E-state index in [1.165, 1.54) is 17.3 Å². The van der Waals surface area contributed by atoms with Gasteiger partial charge in [0.25, 0.3) is 5.56 Å². The first kappa shape index (κ1) is 22.8. The standard InChI is InChI=1S/C18H20ClF4N7O/c19-15-14(6-27-28-17(15)31)29-4-3-13(12(24)8-29)30(26)7-9-1-2-10(20)5-11(9)16(25)18(21,22)23/h1-2,5-6,16H,3-4,7-8,24-26H2,(H,28,31)/t16-/m0/s1. The molecule has 1 aromatic carbocycles. The number of benzene rings is 1. The first-order valence-electron chi connectivity index (χ1n) is 9.07. The second-order valence-electron chi connectivity index (χ2n) is 7.03. The number of hydrogen-bond donors (Lipinski definition) is 4. The minimum Gasteiger partial charge on any atom is -0.399 e. The molecule has 0 spiro atoms. The molecule has 31 heavy (non-hydrogen) atoms. The molecule has 13 heteroatoms. The van der Waals surface area contributed by atoms with Crippen molar-refractivity contribution in [1.82, 2.24) is 15.2 Å². The topological polar surface area (TPSA) is 130 Å². The number of halogens is 5. The number of alkyl halides is 3. The van der Waals surface area contributed by atoms with Crippen LogP contribution in [0.25, 0.3) is 0 Å². The lowest BCUT2D eigenvalue weighted by atomic mass is 9.99. The molecule has 1 atom stereocenters. The molecule has 2 heterocycles. The Morgan fingerprint density at radius 2 is 2.06 bits per heavy atom. The Morgan fingerprint density at radius 1 is 1.35 bits per heavy atom. The van der Waals surface area contributed by atoms with E-state index in [9.17, 15) is 22.4 Å². The van der Waals surface area contributed by atoms with Crippen molar-refractivity contribution >= 4 is 17.3 Å². The number of aromatic nitrogens is 2. The van der Waals surface area contributed by atoms with Gasteiger partial charge in [-0.1, -0.05) is 17.7 Å². The van der Waals surface area contributed by atoms with Crippen LogP contribution in [0, 0.1) is 5.82 Å². The third-order valence-electron chi connectivity index (χ3n) is 4.95. The summed E-state index contributed by atoms with van der Waals surface area (Å²) in [6.07, 6.45) is -3.02. The zero-order chi connectivity index (χ0) is 22.9. The summed E-state index contributed by atoms with van der Waals surface area (Å²) in [5, 5.41) is 7.12. The predicted molar refractivity (Wildman–Crippen MR) is 107 cm³/mol. The SMILES string of the molecule is NC1=C(N(N)Cc2ccc(F)cc2[C@H](N)C(F)(F)F)CCN(c2cn[nH]c(=O)c2Cl)C1. The zero-order valence-electron chi connectivity index (χ0n) is 16.1. The highest BCUT2D eigenvalue weighted by Crippen LogP contribution is 2.34. The molecule has 0 saturated carbocycles. The number of nitrogens with one attached hydrogen (secondary N) is 1. The van der Waals surface area contributed by atoms with Gasteiger partial charge < -0.3 is 21.4 Å². The summed E-state index contributed by atoms with van der Waals surface area (Å²) in [6.45, 7) is 0.391. The molecule has 0 amide bonds. The average molecular weight is 462 g/mol. The number of anilines is 1. The number of H-pyrrole nitrogens is 1. The molecule has 7 N–H and O–H groups in total. The second-order valence-corrected chi connectivity index (χ2v) is 7.41. The highest BCUT2D eigenvalue weighted by molar-refractivity contribution is 6.33. The minimum atomic E-state index is -4.74. The van der Waals surface area contributed by atoms with Gasteiger partial charge in [0.15, 0.2) is 0 Å². The van der Waals surface area contributed by atoms with Gasteiger partial charge in [0, 0.05) is 18.7 Å². The molecule has 0 unspecified atom stereocenters. The van der Waals surface area contributed by atoms with Crippen LogP contribution in [0.1, 0.15) is 23.6 Å². The molecule has 2 aromatic rings. The van der Waals surface area contributed by atoms with E-state index in [1.54, 1.807) is 4.90 Å². The summed E-state index contributed by atoms with van der Waals surface area (Å²) >= 11 is 6.03. The van der Waals surface area contributed by atoms with E-state index in [0.29, 0.717) is 30.0 Å². The fraction of sp³-hybridized carbons (Fsp3) is 0.333. The smallest absolute Gasteiger partial charge is 0.399 e. The summed E-state index contributed by atoms with van der Waals surface area (Å²) in [6, 6.07) is 0.649. The minimum absolute atomic E-state index is 0.0343. The van der Waals surface area contributed by atoms with Gasteiger partial charge in [-0.05, 0) is 23.3 Å². The average Bonchev–Trinajstić information content (AvgIpc) is 2.70. The van der Waals surface area contributed by atoms with Crippen LogP contribution in [0.5, 0.6) is 0 Å². The molecule has 3 rings (SSSR count). The van der Waals surface area contributed by atoms with Crippen molar-refractivity contribution in [2.45, 2.75) is 25.2 Å². The zero-order valence-corrected chi connectivity index (χ0v) is 16.8. The maximum absolute atomic E-state index is 13.6. The van der Waals surface area contributed by atoms with Crippen molar-refractivity contribution in [3.05, 3.63) is 68.1 Å². The van der Waals surface area contributed by atoms with Gasteiger partial charge in [-0.25, -0.2) is 15.3 Å². The van der Waals surface area contributed by atoms with E-state index in [0.717, 1.165) is 12.1 Å². The van der Waals surface area contributed by atoms with E-state index < -0.39 is 29.2 Å². The third-order valence-corrected chi connectivity index (χ3v) is 5.32. The van der Waals surface area contributed by atoms with E-state index in [4.69, 9.17) is 28.9 Å². The van der Waals surface area contributed by atoms with Gasteiger partial charge in [0.05, 0.1) is 30.7 Å². The molecule has 1 aliphatic rings. The Balaban J connectivity index is 1.82. The highest BCUT2D eigenvalue weighted by Gasteiger charge is 2.39. The lowest BCUT2D eigenvalue weighted by Crippen LogP contribution is -2.42. The van der Waals surface area contributed by atoms with Crippen LogP contribution in [0.4, 0.5) is 23.2 Å². The van der Waals surface area contributed by atoms with Gasteiger partial charge in [-0.3, -0.25) is 4.79 Å². The summed E-state index contributed by atoms with van der Waals surface area (Å²) in [4.78, 5) is 13.4. The second kappa shape index (κ2) is 8.73. The molecule has 1 aliphatic heterocycles. The molecule has 0 radical (unpaired) electrons. The Bertz CT molecular complexity index is 1060. The van der Waals surface area contributed by atoms with E-state index in [2.05, 4.69) is 10.2 Å². The molecule has 8 nitrogen and oxygen atoms in total. The normalized spacial score (nSPS) is 15.9. The molecule has 1 aromatic heterocycles. The maximum Gasteiger partial charge on any atom is 0.407 e. The first-order valence-corrected chi connectivity index (χ1v) is 9.45. The van der Waals surface area contributed by atoms with Crippen LogP contribution >= 0.6 is 11.6 Å². The molecular weight excluding hydrogens is 442 g/mol. The maximum atomic E-state index is 13.6. The van der Waals surface area contributed by atoms with E-state index >= 15 is 0 Å². The first-order chi connectivity index (χ1) is 14.5. The van der Waals surface area contributed by atoms with Crippen LogP contribution in [0.3, 0.4) is 0 Å². The molecule has 168 valence electrons. The Labute approximate surface area is 179 Å². The van der Waals surface area contributed by atoms with Crippen LogP contribution in [-0.2, 0) is 6.54 Å². The molecular formula is C18H20ClF4N7O. The lowest BCUT2D eigenvalue weighted by molar-refractivity contribution is -0.149. The highest BCUT2D eigenvalue weighted by atomic mass is 35.5. The molecule has 0 bridgehead atoms. The summed E-state index contributed by atoms with van der Waals surface area (Å²) in [7, 11) is 0. The third kappa shape index (κ3) is 4.92. The van der Waals surface area contributed by atoms with Crippen LogP contribution in [0.15, 0.2) is 40.6 Å². The Hall–Kier alpha value is -2.83. The predicted octanol–water partition coefficient (Wildman–Crippen LogP) is 1.88. The Kier molecular flexibility index (Phi) is 6.43. The van der Waals surface area contributed by atoms with Crippen LogP contribution in [0.2, 0.25) is 5.02 Å². The van der Waals surface area contributed by atoms with Gasteiger partial charge in [-0.2, -0.15) is 18.3 Å². The number of nitrogens with two attached hydrogens (primary N) is 3. The van der Waals surface area contributed by atoms with Crippen molar-refractivity contribution < 1.29 is 17.6 Å². The van der Waals surface area contributed by atoms with E-state index in [1.807, 2.05) is 0 Å².